The van der Waals surface area contributed by atoms with Crippen molar-refractivity contribution in [2.75, 3.05) is 12.4 Å². The van der Waals surface area contributed by atoms with Gasteiger partial charge in [-0.2, -0.15) is 0 Å². The van der Waals surface area contributed by atoms with Crippen LogP contribution in [0.3, 0.4) is 0 Å². The molecule has 4 aromatic rings. The van der Waals surface area contributed by atoms with Gasteiger partial charge in [-0.25, -0.2) is 14.4 Å². The van der Waals surface area contributed by atoms with Gasteiger partial charge < -0.3 is 15.6 Å². The van der Waals surface area contributed by atoms with Crippen LogP contribution in [0, 0.1) is 5.82 Å². The normalized spacial score (nSPS) is 14.2. The third-order valence-corrected chi connectivity index (χ3v) is 6.06. The molecular weight excluding hydrogens is 417 g/mol. The molecule has 0 unspecified atom stereocenters. The fourth-order valence-corrected chi connectivity index (χ4v) is 4.13. The number of anilines is 1. The van der Waals surface area contributed by atoms with Crippen LogP contribution >= 0.6 is 0 Å². The maximum Gasteiger partial charge on any atom is 0.225 e. The Balaban J connectivity index is 1.47. The Kier molecular flexibility index (Phi) is 5.77. The first kappa shape index (κ1) is 21.1. The Hall–Kier alpha value is -3.74. The van der Waals surface area contributed by atoms with Gasteiger partial charge in [0.25, 0.3) is 0 Å². The zero-order valence-electron chi connectivity index (χ0n) is 18.4. The second-order valence-corrected chi connectivity index (χ2v) is 8.51. The molecule has 3 N–H and O–H groups in total. The van der Waals surface area contributed by atoms with E-state index in [1.807, 2.05) is 37.5 Å². The van der Waals surface area contributed by atoms with E-state index in [9.17, 15) is 9.18 Å². The first-order valence-electron chi connectivity index (χ1n) is 11.2. The summed E-state index contributed by atoms with van der Waals surface area (Å²) in [5.41, 5.74) is 3.25. The van der Waals surface area contributed by atoms with Gasteiger partial charge in [0, 0.05) is 42.6 Å². The van der Waals surface area contributed by atoms with E-state index in [1.165, 1.54) is 6.07 Å². The molecule has 2 aromatic carbocycles. The number of hydrogen-bond acceptors (Lipinski definition) is 4. The SMILES string of the molecule is CNc1cc([C@@H](Cc2c[nH]c3ccccc23)NC(=O)Cc2ccccc2F)nc(C2CC2)n1. The number of nitrogens with zero attached hydrogens (tertiary/aromatic N) is 2. The molecule has 1 saturated carbocycles. The smallest absolute Gasteiger partial charge is 0.225 e. The lowest BCUT2D eigenvalue weighted by molar-refractivity contribution is -0.121. The third-order valence-electron chi connectivity index (χ3n) is 6.06. The summed E-state index contributed by atoms with van der Waals surface area (Å²) in [4.78, 5) is 25.7. The van der Waals surface area contributed by atoms with Gasteiger partial charge in [0.15, 0.2) is 0 Å². The van der Waals surface area contributed by atoms with E-state index in [4.69, 9.17) is 4.98 Å². The maximum absolute atomic E-state index is 14.1. The fraction of sp³-hybridized carbons (Fsp3) is 0.269. The number of amides is 1. The summed E-state index contributed by atoms with van der Waals surface area (Å²) in [5.74, 6) is 1.29. The first-order valence-corrected chi connectivity index (χ1v) is 11.2. The van der Waals surface area contributed by atoms with E-state index in [0.717, 1.165) is 46.6 Å². The standard InChI is InChI=1S/C26H26FN5O/c1-28-24-14-23(31-26(32-24)16-10-11-16)22(12-18-15-29-21-9-5-3-7-19(18)21)30-25(33)13-17-6-2-4-8-20(17)27/h2-9,14-16,22,29H,10-13H2,1H3,(H,30,33)(H,28,31,32)/t22-/m1/s1. The van der Waals surface area contributed by atoms with Crippen molar-refractivity contribution in [2.24, 2.45) is 0 Å². The second kappa shape index (κ2) is 9.02. The topological polar surface area (TPSA) is 82.7 Å². The number of H-pyrrole nitrogens is 1. The van der Waals surface area contributed by atoms with Crippen LogP contribution in [0.5, 0.6) is 0 Å². The summed E-state index contributed by atoms with van der Waals surface area (Å²) in [5, 5.41) is 7.33. The van der Waals surface area contributed by atoms with Crippen molar-refractivity contribution in [1.29, 1.82) is 0 Å². The lowest BCUT2D eigenvalue weighted by atomic mass is 10.0. The number of fused-ring (bicyclic) bond motifs is 1. The van der Waals surface area contributed by atoms with Crippen LogP contribution in [-0.4, -0.2) is 27.9 Å². The number of carbonyl (C=O) groups excluding carboxylic acids is 1. The average Bonchev–Trinajstić information content (AvgIpc) is 3.61. The molecule has 2 aromatic heterocycles. The van der Waals surface area contributed by atoms with Crippen LogP contribution in [-0.2, 0) is 17.6 Å². The minimum absolute atomic E-state index is 0.0312. The second-order valence-electron chi connectivity index (χ2n) is 8.51. The molecular formula is C26H26FN5O. The predicted molar refractivity (Wildman–Crippen MR) is 127 cm³/mol. The molecule has 1 atom stereocenters. The molecule has 1 amide bonds. The van der Waals surface area contributed by atoms with Gasteiger partial charge in [0.05, 0.1) is 18.2 Å². The Morgan fingerprint density at radius 2 is 1.91 bits per heavy atom. The largest absolute Gasteiger partial charge is 0.373 e. The van der Waals surface area contributed by atoms with E-state index in [1.54, 1.807) is 18.2 Å². The van der Waals surface area contributed by atoms with Crippen molar-refractivity contribution in [3.8, 4) is 0 Å². The Morgan fingerprint density at radius 3 is 2.70 bits per heavy atom. The summed E-state index contributed by atoms with van der Waals surface area (Å²) in [7, 11) is 1.83. The minimum atomic E-state index is -0.379. The summed E-state index contributed by atoms with van der Waals surface area (Å²) in [6.45, 7) is 0. The molecule has 1 fully saturated rings. The maximum atomic E-state index is 14.1. The molecule has 33 heavy (non-hydrogen) atoms. The van der Waals surface area contributed by atoms with Crippen molar-refractivity contribution in [1.82, 2.24) is 20.3 Å². The van der Waals surface area contributed by atoms with E-state index in [2.05, 4.69) is 26.7 Å². The van der Waals surface area contributed by atoms with Gasteiger partial charge in [0.2, 0.25) is 5.91 Å². The summed E-state index contributed by atoms with van der Waals surface area (Å²) >= 11 is 0. The van der Waals surface area contributed by atoms with E-state index < -0.39 is 0 Å². The minimum Gasteiger partial charge on any atom is -0.373 e. The average molecular weight is 444 g/mol. The van der Waals surface area contributed by atoms with Gasteiger partial charge in [-0.05, 0) is 36.1 Å². The molecule has 2 heterocycles. The van der Waals surface area contributed by atoms with E-state index in [0.29, 0.717) is 17.9 Å². The zero-order valence-corrected chi connectivity index (χ0v) is 18.4. The number of rotatable bonds is 8. The molecule has 5 rings (SSSR count). The molecule has 0 aliphatic heterocycles. The highest BCUT2D eigenvalue weighted by atomic mass is 19.1. The lowest BCUT2D eigenvalue weighted by Gasteiger charge is -2.20. The molecule has 7 heteroatoms. The van der Waals surface area contributed by atoms with Crippen LogP contribution in [0.4, 0.5) is 10.2 Å². The highest BCUT2D eigenvalue weighted by Crippen LogP contribution is 2.39. The Morgan fingerprint density at radius 1 is 1.12 bits per heavy atom. The molecule has 6 nitrogen and oxygen atoms in total. The van der Waals surface area contributed by atoms with Crippen molar-refractivity contribution < 1.29 is 9.18 Å². The first-order chi connectivity index (χ1) is 16.1. The van der Waals surface area contributed by atoms with Crippen molar-refractivity contribution in [2.45, 2.75) is 37.6 Å². The molecule has 168 valence electrons. The number of carbonyl (C=O) groups is 1. The summed E-state index contributed by atoms with van der Waals surface area (Å²) < 4.78 is 14.1. The van der Waals surface area contributed by atoms with Crippen LogP contribution in [0.15, 0.2) is 60.8 Å². The molecule has 0 saturated heterocycles. The van der Waals surface area contributed by atoms with Crippen molar-refractivity contribution in [3.63, 3.8) is 0 Å². The predicted octanol–water partition coefficient (Wildman–Crippen LogP) is 4.66. The highest BCUT2D eigenvalue weighted by molar-refractivity contribution is 5.83. The number of para-hydroxylation sites is 1. The number of aromatic amines is 1. The number of benzene rings is 2. The summed E-state index contributed by atoms with van der Waals surface area (Å²) in [6.07, 6.45) is 4.66. The van der Waals surface area contributed by atoms with Crippen LogP contribution in [0.1, 0.15) is 47.4 Å². The Labute approximate surface area is 191 Å². The van der Waals surface area contributed by atoms with Crippen molar-refractivity contribution >= 4 is 22.6 Å². The van der Waals surface area contributed by atoms with Crippen molar-refractivity contribution in [3.05, 3.63) is 89.3 Å². The van der Waals surface area contributed by atoms with Gasteiger partial charge >= 0.3 is 0 Å². The molecule has 1 aliphatic carbocycles. The van der Waals surface area contributed by atoms with Crippen LogP contribution in [0.2, 0.25) is 0 Å². The summed E-state index contributed by atoms with van der Waals surface area (Å²) in [6, 6.07) is 16.0. The lowest BCUT2D eigenvalue weighted by Crippen LogP contribution is -2.32. The van der Waals surface area contributed by atoms with Gasteiger partial charge in [0.1, 0.15) is 17.5 Å². The zero-order chi connectivity index (χ0) is 22.8. The van der Waals surface area contributed by atoms with Gasteiger partial charge in [-0.15, -0.1) is 0 Å². The monoisotopic (exact) mass is 443 g/mol. The quantitative estimate of drug-likeness (QED) is 0.370. The Bertz CT molecular complexity index is 1300. The van der Waals surface area contributed by atoms with Gasteiger partial charge in [-0.3, -0.25) is 4.79 Å². The number of hydrogen-bond donors (Lipinski definition) is 3. The molecule has 0 radical (unpaired) electrons. The van der Waals surface area contributed by atoms with Crippen LogP contribution in [0.25, 0.3) is 10.9 Å². The number of halogens is 1. The molecule has 0 bridgehead atoms. The fourth-order valence-electron chi connectivity index (χ4n) is 4.13. The third kappa shape index (κ3) is 4.72. The van der Waals surface area contributed by atoms with Crippen LogP contribution < -0.4 is 10.6 Å². The number of aromatic nitrogens is 3. The van der Waals surface area contributed by atoms with E-state index in [-0.39, 0.29) is 24.2 Å². The van der Waals surface area contributed by atoms with Gasteiger partial charge in [-0.1, -0.05) is 36.4 Å². The molecule has 0 spiro atoms. The van der Waals surface area contributed by atoms with E-state index >= 15 is 0 Å². The molecule has 1 aliphatic rings. The highest BCUT2D eigenvalue weighted by Gasteiger charge is 2.29. The number of nitrogens with one attached hydrogen (secondary N) is 3.